The predicted molar refractivity (Wildman–Crippen MR) is 119 cm³/mol. The Kier molecular flexibility index (Phi) is 5.08. The average Bonchev–Trinajstić information content (AvgIpc) is 3.18. The van der Waals surface area contributed by atoms with Gasteiger partial charge in [0.1, 0.15) is 11.5 Å². The predicted octanol–water partition coefficient (Wildman–Crippen LogP) is 3.47. The van der Waals surface area contributed by atoms with E-state index < -0.39 is 35.1 Å². The molecule has 7 nitrogen and oxygen atoms in total. The third kappa shape index (κ3) is 2.89. The van der Waals surface area contributed by atoms with Gasteiger partial charge in [0.2, 0.25) is 0 Å². The number of halogens is 1. The molecule has 1 aromatic heterocycles. The van der Waals surface area contributed by atoms with Crippen LogP contribution in [0.4, 0.5) is 0 Å². The molecule has 1 aliphatic carbocycles. The Bertz CT molecular complexity index is 1200. The minimum atomic E-state index is -2.02. The number of rotatable bonds is 5. The van der Waals surface area contributed by atoms with Crippen LogP contribution >= 0.6 is 11.6 Å². The first-order chi connectivity index (χ1) is 15.8. The minimum absolute atomic E-state index is 0.243. The summed E-state index contributed by atoms with van der Waals surface area (Å²) in [5.41, 5.74) is -2.06. The molecule has 0 amide bonds. The number of pyridine rings is 1. The van der Waals surface area contributed by atoms with Gasteiger partial charge in [0.15, 0.2) is 11.2 Å². The summed E-state index contributed by atoms with van der Waals surface area (Å²) in [7, 11) is 1.44. The van der Waals surface area contributed by atoms with E-state index in [0.29, 0.717) is 10.6 Å². The second kappa shape index (κ2) is 7.73. The first-order valence-electron chi connectivity index (χ1n) is 10.5. The zero-order chi connectivity index (χ0) is 23.4. The maximum atomic E-state index is 12.4. The summed E-state index contributed by atoms with van der Waals surface area (Å²) in [5.74, 6) is -2.16. The monoisotopic (exact) mass is 467 g/mol. The molecule has 5 atom stereocenters. The molecule has 1 aliphatic heterocycles. The Morgan fingerprint density at radius 1 is 1.15 bits per heavy atom. The molecule has 33 heavy (non-hydrogen) atoms. The summed E-state index contributed by atoms with van der Waals surface area (Å²) >= 11 is 6.15. The fourth-order valence-electron chi connectivity index (χ4n) is 5.66. The van der Waals surface area contributed by atoms with Crippen molar-refractivity contribution >= 4 is 17.6 Å². The first-order valence-corrected chi connectivity index (χ1v) is 10.9. The zero-order valence-electron chi connectivity index (χ0n) is 17.7. The van der Waals surface area contributed by atoms with Crippen LogP contribution in [0.2, 0.25) is 5.02 Å². The number of hydrogen-bond acceptors (Lipinski definition) is 6. The number of benzene rings is 2. The van der Waals surface area contributed by atoms with E-state index in [1.165, 1.54) is 19.5 Å². The fraction of sp³-hybridized carbons (Fsp3) is 0.280. The summed E-state index contributed by atoms with van der Waals surface area (Å²) in [4.78, 5) is 16.0. The van der Waals surface area contributed by atoms with Gasteiger partial charge < -0.3 is 24.8 Å². The molecule has 1 fully saturated rings. The summed E-state index contributed by atoms with van der Waals surface area (Å²) in [6.45, 7) is 0. The Balaban J connectivity index is 1.86. The second-order valence-corrected chi connectivity index (χ2v) is 8.86. The second-order valence-electron chi connectivity index (χ2n) is 8.42. The van der Waals surface area contributed by atoms with Gasteiger partial charge in [-0.3, -0.25) is 9.78 Å². The molecule has 5 rings (SSSR count). The lowest BCUT2D eigenvalue weighted by atomic mass is 9.70. The summed E-state index contributed by atoms with van der Waals surface area (Å²) in [5, 5.41) is 34.3. The van der Waals surface area contributed by atoms with Crippen LogP contribution < -0.4 is 9.47 Å². The fourth-order valence-corrected chi connectivity index (χ4v) is 5.79. The van der Waals surface area contributed by atoms with E-state index >= 15 is 0 Å². The first kappa shape index (κ1) is 21.7. The number of aliphatic carboxylic acids is 1. The number of aliphatic hydroxyl groups excluding tert-OH is 1. The van der Waals surface area contributed by atoms with Gasteiger partial charge in [-0.25, -0.2) is 0 Å². The molecule has 0 radical (unpaired) electrons. The number of aromatic nitrogens is 1. The van der Waals surface area contributed by atoms with Crippen molar-refractivity contribution < 1.29 is 29.6 Å². The number of carboxylic acids is 1. The van der Waals surface area contributed by atoms with Crippen LogP contribution in [-0.2, 0) is 16.0 Å². The molecule has 3 N–H and O–H groups in total. The van der Waals surface area contributed by atoms with Crippen molar-refractivity contribution in [3.8, 4) is 11.5 Å². The molecular weight excluding hydrogens is 446 g/mol. The van der Waals surface area contributed by atoms with E-state index in [4.69, 9.17) is 21.1 Å². The maximum Gasteiger partial charge on any atom is 0.303 e. The molecular formula is C25H22ClNO6. The van der Waals surface area contributed by atoms with E-state index in [0.717, 1.165) is 5.56 Å². The van der Waals surface area contributed by atoms with Gasteiger partial charge in [0, 0.05) is 16.9 Å². The number of methoxy groups -OCH3 is 1. The molecule has 0 bridgehead atoms. The van der Waals surface area contributed by atoms with E-state index in [1.807, 2.05) is 30.3 Å². The van der Waals surface area contributed by atoms with Gasteiger partial charge in [-0.1, -0.05) is 54.1 Å². The number of fused-ring (bicyclic) bond motifs is 3. The zero-order valence-corrected chi connectivity index (χ0v) is 18.4. The maximum absolute atomic E-state index is 12.4. The summed E-state index contributed by atoms with van der Waals surface area (Å²) in [6, 6.07) is 16.0. The highest BCUT2D eigenvalue weighted by Gasteiger charge is 2.76. The number of carboxylic acid groups (broad SMARTS) is 1. The van der Waals surface area contributed by atoms with Crippen molar-refractivity contribution in [2.75, 3.05) is 7.11 Å². The van der Waals surface area contributed by atoms with Crippen LogP contribution in [0, 0.1) is 5.92 Å². The smallest absolute Gasteiger partial charge is 0.303 e. The molecule has 0 spiro atoms. The lowest BCUT2D eigenvalue weighted by Crippen LogP contribution is -2.52. The van der Waals surface area contributed by atoms with Crippen LogP contribution in [0.3, 0.4) is 0 Å². The van der Waals surface area contributed by atoms with Gasteiger partial charge in [-0.15, -0.1) is 0 Å². The summed E-state index contributed by atoms with van der Waals surface area (Å²) in [6.07, 6.45) is 1.05. The van der Waals surface area contributed by atoms with E-state index in [2.05, 4.69) is 4.98 Å². The largest absolute Gasteiger partial charge is 0.495 e. The Hall–Kier alpha value is -3.13. The Labute approximate surface area is 195 Å². The highest BCUT2D eigenvalue weighted by molar-refractivity contribution is 6.30. The van der Waals surface area contributed by atoms with Crippen molar-refractivity contribution in [1.82, 2.24) is 4.98 Å². The van der Waals surface area contributed by atoms with E-state index in [9.17, 15) is 20.1 Å². The van der Waals surface area contributed by atoms with Crippen LogP contribution in [0.1, 0.15) is 29.0 Å². The molecule has 2 aliphatic rings. The average molecular weight is 468 g/mol. The number of ether oxygens (including phenoxy) is 2. The lowest BCUT2D eigenvalue weighted by molar-refractivity contribution is -0.154. The topological polar surface area (TPSA) is 109 Å². The number of nitrogens with zero attached hydrogens (tertiary/aromatic N) is 1. The Morgan fingerprint density at radius 3 is 2.48 bits per heavy atom. The SMILES string of the molecule is COc1cncc2c1[C@]1(O)[C@H](O)[C@H](CC(=O)O)[C@@H](c3ccccc3)[C@]1(c1ccc(Cl)cc1)O2. The van der Waals surface area contributed by atoms with Crippen LogP contribution in [0.15, 0.2) is 67.0 Å². The molecule has 0 unspecified atom stereocenters. The number of hydrogen-bond donors (Lipinski definition) is 3. The van der Waals surface area contributed by atoms with Gasteiger partial charge in [-0.2, -0.15) is 0 Å². The normalized spacial score (nSPS) is 29.8. The summed E-state index contributed by atoms with van der Waals surface area (Å²) < 4.78 is 12.0. The van der Waals surface area contributed by atoms with E-state index in [-0.39, 0.29) is 23.5 Å². The van der Waals surface area contributed by atoms with Crippen molar-refractivity contribution in [1.29, 1.82) is 0 Å². The van der Waals surface area contributed by atoms with Gasteiger partial charge >= 0.3 is 5.97 Å². The van der Waals surface area contributed by atoms with Crippen molar-refractivity contribution in [3.05, 3.63) is 88.7 Å². The van der Waals surface area contributed by atoms with E-state index in [1.54, 1.807) is 24.3 Å². The standard InChI is InChI=1S/C25H22ClNO6/c1-32-18-12-27-13-19-22(18)24(31)23(30)17(11-20(28)29)21(14-5-3-2-4-6-14)25(24,33-19)15-7-9-16(26)10-8-15/h2-10,12-13,17,21,23,30-31H,11H2,1H3,(H,28,29)/t17-,21-,23-,24+,25+/m1/s1. The third-order valence-electron chi connectivity index (χ3n) is 6.86. The molecule has 1 saturated carbocycles. The van der Waals surface area contributed by atoms with Gasteiger partial charge in [-0.05, 0) is 23.3 Å². The molecule has 3 aromatic rings. The van der Waals surface area contributed by atoms with Crippen LogP contribution in [-0.4, -0.2) is 39.5 Å². The van der Waals surface area contributed by atoms with Crippen LogP contribution in [0.5, 0.6) is 11.5 Å². The number of aliphatic hydroxyl groups is 2. The molecule has 0 saturated heterocycles. The van der Waals surface area contributed by atoms with Gasteiger partial charge in [0.05, 0.1) is 37.6 Å². The number of carbonyl (C=O) groups is 1. The van der Waals surface area contributed by atoms with Gasteiger partial charge in [0.25, 0.3) is 0 Å². The quantitative estimate of drug-likeness (QED) is 0.527. The Morgan fingerprint density at radius 2 is 1.85 bits per heavy atom. The minimum Gasteiger partial charge on any atom is -0.495 e. The third-order valence-corrected chi connectivity index (χ3v) is 7.11. The highest BCUT2D eigenvalue weighted by Crippen LogP contribution is 2.70. The molecule has 2 heterocycles. The highest BCUT2D eigenvalue weighted by atomic mass is 35.5. The molecule has 2 aromatic carbocycles. The van der Waals surface area contributed by atoms with Crippen molar-refractivity contribution in [2.24, 2.45) is 5.92 Å². The lowest BCUT2D eigenvalue weighted by Gasteiger charge is -2.41. The van der Waals surface area contributed by atoms with Crippen LogP contribution in [0.25, 0.3) is 0 Å². The molecule has 170 valence electrons. The molecule has 8 heteroatoms. The van der Waals surface area contributed by atoms with Crippen molar-refractivity contribution in [3.63, 3.8) is 0 Å². The van der Waals surface area contributed by atoms with Crippen molar-refractivity contribution in [2.45, 2.75) is 29.6 Å².